The maximum absolute atomic E-state index is 15.5. The summed E-state index contributed by atoms with van der Waals surface area (Å²) in [6.07, 6.45) is -3.97. The van der Waals surface area contributed by atoms with Crippen LogP contribution in [0.25, 0.3) is 33.4 Å². The monoisotopic (exact) mass is 948 g/mol. The number of hydrogen-bond acceptors (Lipinski definition) is 11. The van der Waals surface area contributed by atoms with Gasteiger partial charge >= 0.3 is 12.5 Å². The van der Waals surface area contributed by atoms with Gasteiger partial charge in [-0.1, -0.05) is 39.7 Å². The third-order valence-electron chi connectivity index (χ3n) is 12.6. The molecule has 6 bridgehead atoms. The van der Waals surface area contributed by atoms with Crippen molar-refractivity contribution < 1.29 is 46.8 Å². The standard InChI is InChI=1S/C47H56F3N9O7S/c1-9-12-39(60)56-20-17-30(24-56)44(62)55(7)41(27(2)3)43(61)53-34-22-38-52-35(25-67-38)29-15-16-36-32(21-29)33(23-46(5,6)26-66-59(64)37-14-11-19-57(54-37)45(34)63)42(58(36)47(48,49)50)31-13-10-18-51-40(31)28(4)65-8/h10,13,15-16,18,21,25,27-28,30,34,37,41,54H,11,14,17,19-20,22-24,26H2,1-8H3/p+1/t28-,30-,34-,37+,41-/m0/s1. The van der Waals surface area contributed by atoms with Crippen LogP contribution in [-0.4, -0.2) is 117 Å². The van der Waals surface area contributed by atoms with Gasteiger partial charge in [0.05, 0.1) is 44.5 Å². The third-order valence-corrected chi connectivity index (χ3v) is 13.5. The van der Waals surface area contributed by atoms with E-state index >= 15 is 13.2 Å². The second-order valence-corrected chi connectivity index (χ2v) is 19.4. The van der Waals surface area contributed by atoms with Gasteiger partial charge in [0, 0.05) is 80.1 Å². The Kier molecular flexibility index (Phi) is 14.4. The molecule has 0 unspecified atom stereocenters. The SMILES string of the molecule is CC#CC(=O)N1CC[C@H](C(=O)N(C)[C@H](C(=O)N[C@H]2Cc3nc(cs3)-c3ccc4c(c3)c(c(-c3cccnc3[C@H](C)OC)n4C(F)(F)F)CC(C)(C)CO[N+](=O)[C@@H]3CCCN(N3)C2=O)C(C)C)C1. The lowest BCUT2D eigenvalue weighted by molar-refractivity contribution is -0.835. The number of aromatic nitrogens is 3. The summed E-state index contributed by atoms with van der Waals surface area (Å²) in [4.78, 5) is 87.5. The number of hydrazine groups is 1. The largest absolute Gasteiger partial charge is 0.489 e. The minimum atomic E-state index is -4.87. The molecule has 20 heteroatoms. The second-order valence-electron chi connectivity index (χ2n) is 18.5. The zero-order valence-corrected chi connectivity index (χ0v) is 39.7. The fourth-order valence-electron chi connectivity index (χ4n) is 9.27. The number of halogens is 3. The van der Waals surface area contributed by atoms with Crippen LogP contribution in [0.5, 0.6) is 0 Å². The Morgan fingerprint density at radius 2 is 1.91 bits per heavy atom. The lowest BCUT2D eigenvalue weighted by Gasteiger charge is -2.35. The first-order valence-electron chi connectivity index (χ1n) is 22.4. The number of amides is 4. The molecule has 3 aliphatic heterocycles. The molecule has 6 heterocycles. The molecule has 16 nitrogen and oxygen atoms in total. The molecule has 2 N–H and O–H groups in total. The Hall–Kier alpha value is -5.91. The van der Waals surface area contributed by atoms with Crippen LogP contribution >= 0.6 is 11.3 Å². The van der Waals surface area contributed by atoms with Crippen LogP contribution in [0.1, 0.15) is 83.2 Å². The van der Waals surface area contributed by atoms with Crippen molar-refractivity contribution in [1.29, 1.82) is 0 Å². The molecule has 7 rings (SSSR count). The molecule has 0 aliphatic carbocycles. The van der Waals surface area contributed by atoms with Crippen LogP contribution in [-0.2, 0) is 47.9 Å². The van der Waals surface area contributed by atoms with Gasteiger partial charge in [-0.15, -0.1) is 24.5 Å². The number of pyridine rings is 1. The van der Waals surface area contributed by atoms with Crippen molar-refractivity contribution in [1.82, 2.24) is 40.1 Å². The quantitative estimate of drug-likeness (QED) is 0.196. The number of benzene rings is 1. The second kappa shape index (κ2) is 19.7. The summed E-state index contributed by atoms with van der Waals surface area (Å²) in [7, 11) is 3.00. The number of nitrogens with zero attached hydrogens (tertiary/aromatic N) is 7. The summed E-state index contributed by atoms with van der Waals surface area (Å²) in [5, 5.41) is 6.70. The summed E-state index contributed by atoms with van der Waals surface area (Å²) in [5.41, 5.74) is 3.73. The molecule has 3 aliphatic rings. The average molecular weight is 949 g/mol. The molecule has 358 valence electrons. The number of rotatable bonds is 8. The van der Waals surface area contributed by atoms with Crippen molar-refractivity contribution in [3.8, 4) is 34.4 Å². The van der Waals surface area contributed by atoms with Crippen molar-refractivity contribution in [2.45, 2.75) is 104 Å². The van der Waals surface area contributed by atoms with Crippen LogP contribution in [0.2, 0.25) is 0 Å². The van der Waals surface area contributed by atoms with Gasteiger partial charge in [-0.25, -0.2) is 9.82 Å². The Bertz CT molecular complexity index is 2620. The molecular weight excluding hydrogens is 892 g/mol. The number of likely N-dealkylation sites (tertiary alicyclic amines) is 1. The summed E-state index contributed by atoms with van der Waals surface area (Å²) in [6, 6.07) is 5.60. The van der Waals surface area contributed by atoms with Gasteiger partial charge in [-0.3, -0.25) is 33.7 Å². The minimum absolute atomic E-state index is 0.0480. The fraction of sp³-hybridized carbons (Fsp3) is 0.532. The molecule has 0 radical (unpaired) electrons. The minimum Gasteiger partial charge on any atom is -0.375 e. The molecule has 5 atom stereocenters. The lowest BCUT2D eigenvalue weighted by atomic mass is 9.84. The van der Waals surface area contributed by atoms with Gasteiger partial charge in [-0.05, 0) is 74.8 Å². The molecule has 2 fully saturated rings. The highest BCUT2D eigenvalue weighted by molar-refractivity contribution is 7.10. The highest BCUT2D eigenvalue weighted by Gasteiger charge is 2.43. The van der Waals surface area contributed by atoms with Crippen LogP contribution < -0.4 is 10.7 Å². The van der Waals surface area contributed by atoms with E-state index in [1.807, 2.05) is 0 Å². The van der Waals surface area contributed by atoms with Gasteiger partial charge in [0.1, 0.15) is 12.1 Å². The van der Waals surface area contributed by atoms with Gasteiger partial charge < -0.3 is 19.9 Å². The van der Waals surface area contributed by atoms with Crippen LogP contribution in [0.4, 0.5) is 13.2 Å². The number of hydrogen-bond donors (Lipinski definition) is 2. The number of carbonyl (C=O) groups excluding carboxylic acids is 4. The van der Waals surface area contributed by atoms with E-state index in [0.29, 0.717) is 68.2 Å². The van der Waals surface area contributed by atoms with Gasteiger partial charge in [0.25, 0.3) is 11.8 Å². The summed E-state index contributed by atoms with van der Waals surface area (Å²) < 4.78 is 52.4. The van der Waals surface area contributed by atoms with Crippen molar-refractivity contribution in [3.05, 3.63) is 63.1 Å². The number of carbonyl (C=O) groups is 4. The number of fused-ring (bicyclic) bond motifs is 6. The van der Waals surface area contributed by atoms with Crippen molar-refractivity contribution in [2.24, 2.45) is 17.3 Å². The summed E-state index contributed by atoms with van der Waals surface area (Å²) in [5.74, 6) is 2.32. The predicted octanol–water partition coefficient (Wildman–Crippen LogP) is 6.14. The first-order chi connectivity index (χ1) is 31.7. The highest BCUT2D eigenvalue weighted by Crippen LogP contribution is 2.45. The maximum Gasteiger partial charge on any atom is 0.489 e. The molecule has 4 aromatic rings. The maximum atomic E-state index is 15.5. The topological polar surface area (TPSA) is 171 Å². The van der Waals surface area contributed by atoms with Crippen LogP contribution in [0, 0.1) is 34.0 Å². The van der Waals surface area contributed by atoms with Crippen molar-refractivity contribution >= 4 is 45.9 Å². The molecule has 0 spiro atoms. The average Bonchev–Trinajstić information content (AvgIpc) is 4.05. The first kappa shape index (κ1) is 49.0. The fourth-order valence-corrected chi connectivity index (χ4v) is 10.1. The molecule has 3 aromatic heterocycles. The Morgan fingerprint density at radius 3 is 2.61 bits per heavy atom. The molecular formula is C47H57F3N9O7S+. The molecule has 4 amide bonds. The lowest BCUT2D eigenvalue weighted by Crippen LogP contribution is -2.62. The van der Waals surface area contributed by atoms with E-state index in [-0.39, 0.29) is 61.1 Å². The van der Waals surface area contributed by atoms with Gasteiger partial charge in [0.15, 0.2) is 6.61 Å². The van der Waals surface area contributed by atoms with E-state index in [4.69, 9.17) is 14.6 Å². The number of nitrogens with one attached hydrogen (secondary N) is 2. The zero-order valence-electron chi connectivity index (χ0n) is 38.9. The van der Waals surface area contributed by atoms with Crippen LogP contribution in [0.3, 0.4) is 0 Å². The van der Waals surface area contributed by atoms with E-state index in [1.165, 1.54) is 52.6 Å². The molecule has 0 saturated carbocycles. The van der Waals surface area contributed by atoms with Gasteiger partial charge in [-0.2, -0.15) is 5.43 Å². The Balaban J connectivity index is 1.29. The number of ether oxygens (including phenoxy) is 1. The number of likely N-dealkylation sites (N-methyl/N-ethyl adjacent to an activating group) is 1. The number of methoxy groups -OCH3 is 1. The van der Waals surface area contributed by atoms with E-state index in [1.54, 1.807) is 71.2 Å². The van der Waals surface area contributed by atoms with E-state index in [0.717, 1.165) is 0 Å². The van der Waals surface area contributed by atoms with Crippen molar-refractivity contribution in [2.75, 3.05) is 40.4 Å². The zero-order chi connectivity index (χ0) is 48.5. The van der Waals surface area contributed by atoms with Crippen LogP contribution in [0.15, 0.2) is 41.9 Å². The highest BCUT2D eigenvalue weighted by atomic mass is 32.1. The van der Waals surface area contributed by atoms with E-state index in [9.17, 15) is 24.1 Å². The normalized spacial score (nSPS) is 21.0. The number of thiazole rings is 1. The van der Waals surface area contributed by atoms with Gasteiger partial charge in [0.2, 0.25) is 16.7 Å². The first-order valence-corrected chi connectivity index (χ1v) is 23.2. The summed E-state index contributed by atoms with van der Waals surface area (Å²) in [6.45, 7) is 11.0. The third kappa shape index (κ3) is 10.3. The molecule has 2 saturated heterocycles. The smallest absolute Gasteiger partial charge is 0.375 e. The van der Waals surface area contributed by atoms with E-state index in [2.05, 4.69) is 27.6 Å². The van der Waals surface area contributed by atoms with Crippen molar-refractivity contribution in [3.63, 3.8) is 0 Å². The Morgan fingerprint density at radius 1 is 1.15 bits per heavy atom. The molecule has 1 aromatic carbocycles. The molecule has 67 heavy (non-hydrogen) atoms. The predicted molar refractivity (Wildman–Crippen MR) is 243 cm³/mol. The van der Waals surface area contributed by atoms with E-state index < -0.39 is 59.7 Å². The summed E-state index contributed by atoms with van der Waals surface area (Å²) >= 11 is 1.22. The number of alkyl halides is 3. The Labute approximate surface area is 391 Å².